The Morgan fingerprint density at radius 2 is 1.86 bits per heavy atom. The molecule has 5 nitrogen and oxygen atoms in total. The molecule has 82 valence electrons. The van der Waals surface area contributed by atoms with Gasteiger partial charge in [0, 0.05) is 6.26 Å². The topological polar surface area (TPSA) is 98.5 Å². The number of aliphatic imine (C=N–C) groups is 1. The molecule has 1 rings (SSSR count). The molecule has 1 aliphatic carbocycles. The van der Waals surface area contributed by atoms with Gasteiger partial charge in [0.2, 0.25) is 0 Å². The fraction of sp³-hybridized carbons (Fsp3) is 0.875. The van der Waals surface area contributed by atoms with Crippen molar-refractivity contribution in [2.75, 3.05) is 12.8 Å². The monoisotopic (exact) mass is 219 g/mol. The summed E-state index contributed by atoms with van der Waals surface area (Å²) in [5, 5.41) is 0. The first kappa shape index (κ1) is 11.3. The summed E-state index contributed by atoms with van der Waals surface area (Å²) < 4.78 is 22.5. The molecule has 0 spiro atoms. The lowest BCUT2D eigenvalue weighted by Crippen LogP contribution is -2.39. The van der Waals surface area contributed by atoms with Crippen molar-refractivity contribution in [2.24, 2.45) is 16.5 Å². The number of sulfone groups is 1. The van der Waals surface area contributed by atoms with Crippen LogP contribution in [0.5, 0.6) is 0 Å². The van der Waals surface area contributed by atoms with Crippen LogP contribution >= 0.6 is 0 Å². The Balaban J connectivity index is 2.89. The molecule has 0 aliphatic heterocycles. The largest absolute Gasteiger partial charge is 0.370 e. The van der Waals surface area contributed by atoms with E-state index in [1.807, 2.05) is 0 Å². The quantitative estimate of drug-likeness (QED) is 0.499. The predicted octanol–water partition coefficient (Wildman–Crippen LogP) is -0.383. The molecule has 0 bridgehead atoms. The standard InChI is InChI=1S/C8H17N3O2S/c1-14(12,13)8(4-2-3-5-8)6-11-7(9)10/h2-6H2,1H3,(H4,9,10,11). The molecular weight excluding hydrogens is 202 g/mol. The third-order valence-corrected chi connectivity index (χ3v) is 4.96. The van der Waals surface area contributed by atoms with E-state index in [9.17, 15) is 8.42 Å². The second-order valence-electron chi connectivity index (χ2n) is 3.90. The molecule has 0 aromatic carbocycles. The molecule has 0 radical (unpaired) electrons. The van der Waals surface area contributed by atoms with E-state index in [4.69, 9.17) is 11.5 Å². The summed E-state index contributed by atoms with van der Waals surface area (Å²) in [6.45, 7) is 0.203. The smallest absolute Gasteiger partial charge is 0.185 e. The van der Waals surface area contributed by atoms with Crippen molar-refractivity contribution < 1.29 is 8.42 Å². The lowest BCUT2D eigenvalue weighted by molar-refractivity contribution is 0.521. The van der Waals surface area contributed by atoms with Gasteiger partial charge in [-0.25, -0.2) is 8.42 Å². The number of hydrogen-bond donors (Lipinski definition) is 2. The molecule has 1 fully saturated rings. The van der Waals surface area contributed by atoms with Crippen molar-refractivity contribution in [3.8, 4) is 0 Å². The molecule has 0 amide bonds. The van der Waals surface area contributed by atoms with E-state index in [0.717, 1.165) is 12.8 Å². The van der Waals surface area contributed by atoms with E-state index in [2.05, 4.69) is 4.99 Å². The Labute approximate surface area is 84.5 Å². The Morgan fingerprint density at radius 1 is 1.36 bits per heavy atom. The summed E-state index contributed by atoms with van der Waals surface area (Å²) in [4.78, 5) is 3.84. The third-order valence-electron chi connectivity index (χ3n) is 2.85. The molecule has 0 atom stereocenters. The molecule has 1 saturated carbocycles. The van der Waals surface area contributed by atoms with Gasteiger partial charge in [-0.15, -0.1) is 0 Å². The van der Waals surface area contributed by atoms with Gasteiger partial charge < -0.3 is 11.5 Å². The first-order chi connectivity index (χ1) is 6.37. The van der Waals surface area contributed by atoms with Crippen molar-refractivity contribution in [3.05, 3.63) is 0 Å². The second-order valence-corrected chi connectivity index (χ2v) is 6.31. The predicted molar refractivity (Wildman–Crippen MR) is 56.7 cm³/mol. The average Bonchev–Trinajstić information content (AvgIpc) is 2.48. The summed E-state index contributed by atoms with van der Waals surface area (Å²) in [5.41, 5.74) is 10.4. The summed E-state index contributed by atoms with van der Waals surface area (Å²) >= 11 is 0. The van der Waals surface area contributed by atoms with Crippen LogP contribution in [0.3, 0.4) is 0 Å². The highest BCUT2D eigenvalue weighted by atomic mass is 32.2. The van der Waals surface area contributed by atoms with Gasteiger partial charge in [-0.1, -0.05) is 12.8 Å². The van der Waals surface area contributed by atoms with Crippen LogP contribution in [0, 0.1) is 0 Å². The van der Waals surface area contributed by atoms with Gasteiger partial charge >= 0.3 is 0 Å². The van der Waals surface area contributed by atoms with Gasteiger partial charge in [0.15, 0.2) is 15.8 Å². The van der Waals surface area contributed by atoms with Crippen LogP contribution < -0.4 is 11.5 Å². The van der Waals surface area contributed by atoms with Crippen LogP contribution in [0.4, 0.5) is 0 Å². The van der Waals surface area contributed by atoms with E-state index in [-0.39, 0.29) is 12.5 Å². The highest BCUT2D eigenvalue weighted by Gasteiger charge is 2.43. The third kappa shape index (κ3) is 2.17. The Hall–Kier alpha value is -0.780. The molecule has 6 heteroatoms. The van der Waals surface area contributed by atoms with E-state index < -0.39 is 14.6 Å². The Kier molecular flexibility index (Phi) is 3.04. The lowest BCUT2D eigenvalue weighted by atomic mass is 10.1. The Bertz CT molecular complexity index is 324. The van der Waals surface area contributed by atoms with Crippen LogP contribution in [-0.2, 0) is 9.84 Å². The molecule has 14 heavy (non-hydrogen) atoms. The number of rotatable bonds is 3. The van der Waals surface area contributed by atoms with Crippen LogP contribution in [0.2, 0.25) is 0 Å². The van der Waals surface area contributed by atoms with Gasteiger partial charge in [0.25, 0.3) is 0 Å². The van der Waals surface area contributed by atoms with E-state index in [0.29, 0.717) is 12.8 Å². The molecule has 0 heterocycles. The maximum absolute atomic E-state index is 11.6. The van der Waals surface area contributed by atoms with Crippen LogP contribution in [0.25, 0.3) is 0 Å². The van der Waals surface area contributed by atoms with Crippen molar-refractivity contribution in [2.45, 2.75) is 30.4 Å². The maximum Gasteiger partial charge on any atom is 0.185 e. The first-order valence-corrected chi connectivity index (χ1v) is 6.51. The van der Waals surface area contributed by atoms with Crippen molar-refractivity contribution in [3.63, 3.8) is 0 Å². The van der Waals surface area contributed by atoms with E-state index >= 15 is 0 Å². The number of guanidine groups is 1. The number of hydrogen-bond acceptors (Lipinski definition) is 3. The molecule has 4 N–H and O–H groups in total. The molecule has 0 saturated heterocycles. The second kappa shape index (κ2) is 3.76. The molecule has 0 aromatic heterocycles. The minimum atomic E-state index is -3.08. The van der Waals surface area contributed by atoms with Gasteiger partial charge in [-0.2, -0.15) is 0 Å². The Morgan fingerprint density at radius 3 is 2.21 bits per heavy atom. The van der Waals surface area contributed by atoms with Gasteiger partial charge in [0.05, 0.1) is 11.3 Å². The highest BCUT2D eigenvalue weighted by molar-refractivity contribution is 7.92. The average molecular weight is 219 g/mol. The fourth-order valence-electron chi connectivity index (χ4n) is 1.90. The minimum Gasteiger partial charge on any atom is -0.370 e. The summed E-state index contributed by atoms with van der Waals surface area (Å²) in [7, 11) is -3.08. The zero-order valence-electron chi connectivity index (χ0n) is 8.36. The lowest BCUT2D eigenvalue weighted by Gasteiger charge is -2.24. The number of nitrogens with zero attached hydrogens (tertiary/aromatic N) is 1. The maximum atomic E-state index is 11.6. The molecule has 0 aromatic rings. The van der Waals surface area contributed by atoms with Crippen LogP contribution in [-0.4, -0.2) is 31.9 Å². The summed E-state index contributed by atoms with van der Waals surface area (Å²) in [5.74, 6) is -0.0417. The first-order valence-electron chi connectivity index (χ1n) is 4.62. The highest BCUT2D eigenvalue weighted by Crippen LogP contribution is 2.36. The summed E-state index contributed by atoms with van der Waals surface area (Å²) in [6, 6.07) is 0. The SMILES string of the molecule is CS(=O)(=O)C1(CN=C(N)N)CCCC1. The van der Waals surface area contributed by atoms with Crippen LogP contribution in [0.1, 0.15) is 25.7 Å². The minimum absolute atomic E-state index is 0.0417. The van der Waals surface area contributed by atoms with E-state index in [1.54, 1.807) is 0 Å². The van der Waals surface area contributed by atoms with Crippen molar-refractivity contribution in [1.82, 2.24) is 0 Å². The molecule has 0 unspecified atom stereocenters. The van der Waals surface area contributed by atoms with Gasteiger partial charge in [0.1, 0.15) is 0 Å². The zero-order valence-corrected chi connectivity index (χ0v) is 9.18. The number of nitrogens with two attached hydrogens (primary N) is 2. The van der Waals surface area contributed by atoms with Crippen molar-refractivity contribution >= 4 is 15.8 Å². The normalized spacial score (nSPS) is 20.6. The zero-order chi connectivity index (χ0) is 10.8. The summed E-state index contributed by atoms with van der Waals surface area (Å²) in [6.07, 6.45) is 4.48. The van der Waals surface area contributed by atoms with Gasteiger partial charge in [-0.3, -0.25) is 4.99 Å². The molecule has 1 aliphatic rings. The van der Waals surface area contributed by atoms with Gasteiger partial charge in [-0.05, 0) is 12.8 Å². The van der Waals surface area contributed by atoms with Crippen LogP contribution in [0.15, 0.2) is 4.99 Å². The van der Waals surface area contributed by atoms with Crippen molar-refractivity contribution in [1.29, 1.82) is 0 Å². The fourth-order valence-corrected chi connectivity index (χ4v) is 3.23. The van der Waals surface area contributed by atoms with E-state index in [1.165, 1.54) is 6.26 Å². The molecular formula is C8H17N3O2S.